The second-order valence-corrected chi connectivity index (χ2v) is 13.5. The highest BCUT2D eigenvalue weighted by atomic mass is 14.8. The fraction of sp³-hybridized carbons (Fsp3) is 0.0208. The van der Waals surface area contributed by atoms with Gasteiger partial charge in [-0.15, -0.1) is 0 Å². The van der Waals surface area contributed by atoms with Gasteiger partial charge < -0.3 is 5.32 Å². The fourth-order valence-corrected chi connectivity index (χ4v) is 7.53. The van der Waals surface area contributed by atoms with Crippen LogP contribution < -0.4 is 5.32 Å². The average Bonchev–Trinajstić information content (AvgIpc) is 3.27. The van der Waals surface area contributed by atoms with E-state index in [0.717, 1.165) is 62.6 Å². The van der Waals surface area contributed by atoms with E-state index in [1.807, 2.05) is 104 Å². The van der Waals surface area contributed by atoms with Crippen molar-refractivity contribution in [2.24, 2.45) is 0 Å². The zero-order valence-corrected chi connectivity index (χ0v) is 29.2. The van der Waals surface area contributed by atoms with Crippen molar-refractivity contribution in [3.05, 3.63) is 188 Å². The Morgan fingerprint density at radius 3 is 1.35 bits per heavy atom. The van der Waals surface area contributed by atoms with Crippen molar-refractivity contribution in [2.75, 3.05) is 6.54 Å². The molecule has 0 fully saturated rings. The molecule has 6 heteroatoms. The van der Waals surface area contributed by atoms with E-state index in [1.54, 1.807) is 0 Å². The summed E-state index contributed by atoms with van der Waals surface area (Å²) in [5.74, 6) is 0. The Labute approximate surface area is 312 Å². The highest BCUT2D eigenvalue weighted by molar-refractivity contribution is 6.26. The summed E-state index contributed by atoms with van der Waals surface area (Å²) < 4.78 is 0. The summed E-state index contributed by atoms with van der Waals surface area (Å²) in [6.07, 6.45) is 17.4. The number of dihydropyridines is 1. The zero-order valence-electron chi connectivity index (χ0n) is 29.2. The van der Waals surface area contributed by atoms with Gasteiger partial charge in [0, 0.05) is 83.9 Å². The lowest BCUT2D eigenvalue weighted by Crippen LogP contribution is -2.14. The van der Waals surface area contributed by atoms with Crippen molar-refractivity contribution in [1.29, 1.82) is 0 Å². The molecule has 10 rings (SSSR count). The van der Waals surface area contributed by atoms with Crippen LogP contribution in [0.1, 0.15) is 11.3 Å². The number of allylic oxidation sites excluding steroid dienone is 2. The standard InChI is InChI=1S/C48H32N6/c1-4-16-52-46(7-1)37-19-34(25-49-28-37)31-10-13-40-43(22-31)41-14-11-32(35-20-38(29-50-26-35)47-8-2-5-17-53-47)24-45(41)42-15-12-33(23-44(40)42)36-21-39(30-51-27-36)48-9-3-6-18-54-48/h1-26,28-30,51H,27H2. The minimum Gasteiger partial charge on any atom is -0.386 e. The van der Waals surface area contributed by atoms with Crippen molar-refractivity contribution >= 4 is 43.5 Å². The van der Waals surface area contributed by atoms with Crippen LogP contribution in [0.3, 0.4) is 0 Å². The number of pyridine rings is 5. The maximum absolute atomic E-state index is 4.62. The molecule has 4 aromatic carbocycles. The Morgan fingerprint density at radius 2 is 0.852 bits per heavy atom. The number of nitrogens with one attached hydrogen (secondary N) is 1. The van der Waals surface area contributed by atoms with Crippen LogP contribution in [-0.4, -0.2) is 31.5 Å². The molecule has 54 heavy (non-hydrogen) atoms. The quantitative estimate of drug-likeness (QED) is 0.175. The molecule has 1 N–H and O–H groups in total. The maximum Gasteiger partial charge on any atom is 0.0717 e. The van der Waals surface area contributed by atoms with Gasteiger partial charge in [-0.3, -0.25) is 24.9 Å². The van der Waals surface area contributed by atoms with Gasteiger partial charge in [-0.2, -0.15) is 0 Å². The van der Waals surface area contributed by atoms with Gasteiger partial charge in [0.2, 0.25) is 0 Å². The van der Waals surface area contributed by atoms with Crippen molar-refractivity contribution < 1.29 is 0 Å². The predicted molar refractivity (Wildman–Crippen MR) is 220 cm³/mol. The molecule has 0 unspecified atom stereocenters. The van der Waals surface area contributed by atoms with Gasteiger partial charge in [-0.1, -0.05) is 54.6 Å². The van der Waals surface area contributed by atoms with Crippen LogP contribution in [0.2, 0.25) is 0 Å². The van der Waals surface area contributed by atoms with E-state index in [4.69, 9.17) is 0 Å². The monoisotopic (exact) mass is 692 g/mol. The van der Waals surface area contributed by atoms with Gasteiger partial charge >= 0.3 is 0 Å². The smallest absolute Gasteiger partial charge is 0.0717 e. The third kappa shape index (κ3) is 5.76. The summed E-state index contributed by atoms with van der Waals surface area (Å²) in [4.78, 5) is 23.0. The number of nitrogens with zero attached hydrogens (tertiary/aromatic N) is 5. The number of hydrogen-bond donors (Lipinski definition) is 1. The number of benzene rings is 4. The summed E-state index contributed by atoms with van der Waals surface area (Å²) in [6.45, 7) is 0.737. The van der Waals surface area contributed by atoms with Crippen LogP contribution in [0.25, 0.3) is 88.2 Å². The van der Waals surface area contributed by atoms with Gasteiger partial charge in [-0.25, -0.2) is 0 Å². The van der Waals surface area contributed by atoms with E-state index >= 15 is 0 Å². The first-order valence-corrected chi connectivity index (χ1v) is 18.0. The third-order valence-electron chi connectivity index (χ3n) is 10.2. The number of hydrogen-bond acceptors (Lipinski definition) is 6. The Bertz CT molecular complexity index is 2800. The van der Waals surface area contributed by atoms with Crippen LogP contribution in [0.4, 0.5) is 0 Å². The molecule has 0 saturated carbocycles. The second-order valence-electron chi connectivity index (χ2n) is 13.5. The SMILES string of the molecule is C1=C(c2ccc3c(c2)c2ccc(-c4cncc(-c5ccccn5)c4)cc2c2ccc(-c4cncc(-c5ccccn5)c4)cc32)CNC=C1c1ccccn1. The van der Waals surface area contributed by atoms with Gasteiger partial charge in [0.1, 0.15) is 0 Å². The summed E-state index contributed by atoms with van der Waals surface area (Å²) in [5.41, 5.74) is 12.5. The Kier molecular flexibility index (Phi) is 7.77. The van der Waals surface area contributed by atoms with Crippen LogP contribution in [0.15, 0.2) is 177 Å². The molecule has 0 spiro atoms. The molecule has 9 aromatic rings. The molecule has 5 aromatic heterocycles. The summed E-state index contributed by atoms with van der Waals surface area (Å²) in [7, 11) is 0. The normalized spacial score (nSPS) is 12.7. The van der Waals surface area contributed by atoms with E-state index in [2.05, 4.69) is 103 Å². The van der Waals surface area contributed by atoms with E-state index in [1.165, 1.54) is 43.5 Å². The molecular formula is C48H32N6. The number of rotatable bonds is 6. The largest absolute Gasteiger partial charge is 0.386 e. The lowest BCUT2D eigenvalue weighted by Gasteiger charge is -2.18. The van der Waals surface area contributed by atoms with Gasteiger partial charge in [-0.05, 0) is 127 Å². The molecule has 0 radical (unpaired) electrons. The Morgan fingerprint density at radius 1 is 0.389 bits per heavy atom. The van der Waals surface area contributed by atoms with Crippen LogP contribution in [-0.2, 0) is 0 Å². The molecule has 1 aliphatic heterocycles. The first-order chi connectivity index (χ1) is 26.7. The minimum absolute atomic E-state index is 0.737. The molecule has 6 nitrogen and oxygen atoms in total. The lowest BCUT2D eigenvalue weighted by molar-refractivity contribution is 0.988. The zero-order chi connectivity index (χ0) is 35.8. The molecule has 0 bridgehead atoms. The predicted octanol–water partition coefficient (Wildman–Crippen LogP) is 10.8. The van der Waals surface area contributed by atoms with Crippen molar-refractivity contribution in [2.45, 2.75) is 0 Å². The van der Waals surface area contributed by atoms with Crippen molar-refractivity contribution in [1.82, 2.24) is 30.2 Å². The number of aromatic nitrogens is 5. The highest BCUT2D eigenvalue weighted by Crippen LogP contribution is 2.41. The van der Waals surface area contributed by atoms with Gasteiger partial charge in [0.25, 0.3) is 0 Å². The van der Waals surface area contributed by atoms with E-state index < -0.39 is 0 Å². The number of fused-ring (bicyclic) bond motifs is 6. The topological polar surface area (TPSA) is 76.5 Å². The molecule has 6 heterocycles. The first-order valence-electron chi connectivity index (χ1n) is 18.0. The van der Waals surface area contributed by atoms with Gasteiger partial charge in [0.05, 0.1) is 17.1 Å². The first kappa shape index (κ1) is 31.4. The summed E-state index contributed by atoms with van der Waals surface area (Å²) in [6, 6.07) is 42.7. The van der Waals surface area contributed by atoms with Crippen molar-refractivity contribution in [3.8, 4) is 44.8 Å². The minimum atomic E-state index is 0.737. The second kappa shape index (κ2) is 13.3. The average molecular weight is 693 g/mol. The van der Waals surface area contributed by atoms with Gasteiger partial charge in [0.15, 0.2) is 0 Å². The molecule has 254 valence electrons. The highest BCUT2D eigenvalue weighted by Gasteiger charge is 2.16. The molecule has 0 amide bonds. The molecule has 1 aliphatic rings. The van der Waals surface area contributed by atoms with E-state index in [0.29, 0.717) is 0 Å². The Hall–Kier alpha value is -7.31. The molecular weight excluding hydrogens is 661 g/mol. The van der Waals surface area contributed by atoms with Crippen LogP contribution in [0, 0.1) is 0 Å². The van der Waals surface area contributed by atoms with E-state index in [9.17, 15) is 0 Å². The summed E-state index contributed by atoms with van der Waals surface area (Å²) >= 11 is 0. The van der Waals surface area contributed by atoms with Crippen LogP contribution in [0.5, 0.6) is 0 Å². The van der Waals surface area contributed by atoms with E-state index in [-0.39, 0.29) is 0 Å². The Balaban J connectivity index is 1.16. The molecule has 0 atom stereocenters. The van der Waals surface area contributed by atoms with Crippen LogP contribution >= 0.6 is 0 Å². The maximum atomic E-state index is 4.62. The molecule has 0 aliphatic carbocycles. The summed E-state index contributed by atoms with van der Waals surface area (Å²) in [5, 5.41) is 10.7. The third-order valence-corrected chi connectivity index (χ3v) is 10.2. The fourth-order valence-electron chi connectivity index (χ4n) is 7.53. The lowest BCUT2D eigenvalue weighted by atomic mass is 9.88. The van der Waals surface area contributed by atoms with Crippen molar-refractivity contribution in [3.63, 3.8) is 0 Å². The molecule has 0 saturated heterocycles.